The van der Waals surface area contributed by atoms with Crippen LogP contribution in [0.5, 0.6) is 0 Å². The number of carbonyl (C=O) groups excluding carboxylic acids is 1. The molecule has 0 atom stereocenters. The number of nitrogens with zero attached hydrogens (tertiary/aromatic N) is 4. The van der Waals surface area contributed by atoms with Crippen LogP contribution in [0, 0.1) is 20.8 Å². The van der Waals surface area contributed by atoms with Crippen molar-refractivity contribution in [1.82, 2.24) is 24.9 Å². The highest BCUT2D eigenvalue weighted by Gasteiger charge is 2.09. The Balaban J connectivity index is 1.69. The van der Waals surface area contributed by atoms with Crippen LogP contribution in [0.2, 0.25) is 5.02 Å². The van der Waals surface area contributed by atoms with Crippen molar-refractivity contribution in [3.8, 4) is 0 Å². The second-order valence-corrected chi connectivity index (χ2v) is 6.66. The molecular formula is C15H21BrClN5O. The molecule has 2 aromatic heterocycles. The van der Waals surface area contributed by atoms with Gasteiger partial charge in [0.1, 0.15) is 0 Å². The number of aromatic nitrogens is 4. The lowest BCUT2D eigenvalue weighted by atomic mass is 10.3. The van der Waals surface area contributed by atoms with Crippen LogP contribution in [-0.4, -0.2) is 32.0 Å². The standard InChI is InChI=1S/C15H21BrClN5O/c1-10-15(16)12(3)22(20-10)7-4-6-18-14(23)5-8-21-11(2)13(17)9-19-21/h9H,4-8H2,1-3H3,(H,18,23). The third-order valence-electron chi connectivity index (χ3n) is 3.76. The summed E-state index contributed by atoms with van der Waals surface area (Å²) in [7, 11) is 0. The topological polar surface area (TPSA) is 64.7 Å². The minimum atomic E-state index is 0.0190. The number of hydrogen-bond donors (Lipinski definition) is 1. The molecule has 0 aliphatic heterocycles. The molecule has 2 heterocycles. The van der Waals surface area contributed by atoms with E-state index in [1.165, 1.54) is 0 Å². The normalized spacial score (nSPS) is 11.0. The minimum Gasteiger partial charge on any atom is -0.356 e. The van der Waals surface area contributed by atoms with Gasteiger partial charge in [-0.05, 0) is 43.1 Å². The average Bonchev–Trinajstić information content (AvgIpc) is 2.97. The van der Waals surface area contributed by atoms with Gasteiger partial charge in [0.2, 0.25) is 5.91 Å². The number of halogens is 2. The average molecular weight is 403 g/mol. The number of aryl methyl sites for hydroxylation is 3. The monoisotopic (exact) mass is 401 g/mol. The van der Waals surface area contributed by atoms with Gasteiger partial charge in [0.15, 0.2) is 0 Å². The Morgan fingerprint density at radius 1 is 1.26 bits per heavy atom. The van der Waals surface area contributed by atoms with E-state index in [1.807, 2.05) is 25.5 Å². The predicted octanol–water partition coefficient (Wildman–Crippen LogP) is 3.02. The van der Waals surface area contributed by atoms with E-state index in [0.717, 1.165) is 34.5 Å². The molecular weight excluding hydrogens is 382 g/mol. The molecule has 0 radical (unpaired) electrons. The van der Waals surface area contributed by atoms with Crippen molar-refractivity contribution in [3.63, 3.8) is 0 Å². The van der Waals surface area contributed by atoms with Gasteiger partial charge in [-0.2, -0.15) is 10.2 Å². The third-order valence-corrected chi connectivity index (χ3v) is 5.27. The fourth-order valence-electron chi connectivity index (χ4n) is 2.29. The highest BCUT2D eigenvalue weighted by atomic mass is 79.9. The zero-order chi connectivity index (χ0) is 17.0. The van der Waals surface area contributed by atoms with Crippen LogP contribution in [0.1, 0.15) is 29.9 Å². The Morgan fingerprint density at radius 2 is 2.00 bits per heavy atom. The van der Waals surface area contributed by atoms with Crippen molar-refractivity contribution in [2.24, 2.45) is 0 Å². The van der Waals surface area contributed by atoms with E-state index in [2.05, 4.69) is 31.4 Å². The quantitative estimate of drug-likeness (QED) is 0.724. The summed E-state index contributed by atoms with van der Waals surface area (Å²) in [5.74, 6) is 0.0190. The lowest BCUT2D eigenvalue weighted by Crippen LogP contribution is -2.26. The lowest BCUT2D eigenvalue weighted by Gasteiger charge is -2.08. The van der Waals surface area contributed by atoms with Gasteiger partial charge in [0.25, 0.3) is 0 Å². The molecule has 1 N–H and O–H groups in total. The van der Waals surface area contributed by atoms with Crippen LogP contribution in [0.3, 0.4) is 0 Å². The molecule has 2 rings (SSSR count). The van der Waals surface area contributed by atoms with E-state index < -0.39 is 0 Å². The summed E-state index contributed by atoms with van der Waals surface area (Å²) in [6, 6.07) is 0. The Morgan fingerprint density at radius 3 is 2.57 bits per heavy atom. The van der Waals surface area contributed by atoms with Gasteiger partial charge in [-0.3, -0.25) is 14.2 Å². The SMILES string of the molecule is Cc1nn(CCCNC(=O)CCn2ncc(Cl)c2C)c(C)c1Br. The number of rotatable bonds is 7. The first-order valence-electron chi connectivity index (χ1n) is 7.54. The van der Waals surface area contributed by atoms with Gasteiger partial charge in [-0.15, -0.1) is 0 Å². The van der Waals surface area contributed by atoms with Crippen molar-refractivity contribution in [3.05, 3.63) is 32.8 Å². The fourth-order valence-corrected chi connectivity index (χ4v) is 2.72. The van der Waals surface area contributed by atoms with Crippen LogP contribution in [0.15, 0.2) is 10.7 Å². The molecule has 6 nitrogen and oxygen atoms in total. The first-order chi connectivity index (χ1) is 10.9. The Labute approximate surface area is 149 Å². The summed E-state index contributed by atoms with van der Waals surface area (Å²) in [5.41, 5.74) is 2.98. The third kappa shape index (κ3) is 4.57. The fraction of sp³-hybridized carbons (Fsp3) is 0.533. The molecule has 0 saturated carbocycles. The number of amides is 1. The molecule has 126 valence electrons. The van der Waals surface area contributed by atoms with Crippen molar-refractivity contribution in [2.45, 2.75) is 46.7 Å². The van der Waals surface area contributed by atoms with Crippen molar-refractivity contribution in [2.75, 3.05) is 6.54 Å². The summed E-state index contributed by atoms with van der Waals surface area (Å²) in [6.07, 6.45) is 2.83. The van der Waals surface area contributed by atoms with Crippen molar-refractivity contribution in [1.29, 1.82) is 0 Å². The van der Waals surface area contributed by atoms with Crippen LogP contribution < -0.4 is 5.32 Å². The number of hydrogen-bond acceptors (Lipinski definition) is 3. The van der Waals surface area contributed by atoms with Gasteiger partial charge in [0, 0.05) is 25.2 Å². The van der Waals surface area contributed by atoms with Crippen LogP contribution >= 0.6 is 27.5 Å². The van der Waals surface area contributed by atoms with Gasteiger partial charge in [-0.1, -0.05) is 11.6 Å². The zero-order valence-corrected chi connectivity index (χ0v) is 15.9. The van der Waals surface area contributed by atoms with Gasteiger partial charge in [0.05, 0.1) is 33.6 Å². The van der Waals surface area contributed by atoms with Crippen molar-refractivity contribution >= 4 is 33.4 Å². The predicted molar refractivity (Wildman–Crippen MR) is 93.6 cm³/mol. The molecule has 2 aromatic rings. The molecule has 0 fully saturated rings. The smallest absolute Gasteiger partial charge is 0.221 e. The van der Waals surface area contributed by atoms with E-state index in [-0.39, 0.29) is 5.91 Å². The summed E-state index contributed by atoms with van der Waals surface area (Å²) in [6.45, 7) is 7.84. The molecule has 0 spiro atoms. The van der Waals surface area contributed by atoms with Gasteiger partial charge < -0.3 is 5.32 Å². The largest absolute Gasteiger partial charge is 0.356 e. The number of carbonyl (C=O) groups is 1. The van der Waals surface area contributed by atoms with Crippen molar-refractivity contribution < 1.29 is 4.79 Å². The molecule has 23 heavy (non-hydrogen) atoms. The molecule has 0 unspecified atom stereocenters. The van der Waals surface area contributed by atoms with Crippen LogP contribution in [-0.2, 0) is 17.9 Å². The van der Waals surface area contributed by atoms with E-state index in [4.69, 9.17) is 11.6 Å². The first kappa shape index (κ1) is 18.0. The molecule has 1 amide bonds. The zero-order valence-electron chi connectivity index (χ0n) is 13.6. The van der Waals surface area contributed by atoms with Crippen LogP contribution in [0.4, 0.5) is 0 Å². The molecule has 8 heteroatoms. The molecule has 0 aliphatic carbocycles. The lowest BCUT2D eigenvalue weighted by molar-refractivity contribution is -0.121. The minimum absolute atomic E-state index is 0.0190. The Hall–Kier alpha value is -1.34. The maximum atomic E-state index is 11.9. The molecule has 0 aromatic carbocycles. The van der Waals surface area contributed by atoms with Crippen LogP contribution in [0.25, 0.3) is 0 Å². The summed E-state index contributed by atoms with van der Waals surface area (Å²) in [4.78, 5) is 11.9. The summed E-state index contributed by atoms with van der Waals surface area (Å²) < 4.78 is 4.76. The van der Waals surface area contributed by atoms with Gasteiger partial charge in [-0.25, -0.2) is 0 Å². The maximum Gasteiger partial charge on any atom is 0.221 e. The highest BCUT2D eigenvalue weighted by molar-refractivity contribution is 9.10. The number of nitrogens with one attached hydrogen (secondary N) is 1. The second-order valence-electron chi connectivity index (χ2n) is 5.46. The molecule has 0 saturated heterocycles. The van der Waals surface area contributed by atoms with Gasteiger partial charge >= 0.3 is 0 Å². The Bertz CT molecular complexity index is 694. The Kier molecular flexibility index (Phi) is 6.24. The maximum absolute atomic E-state index is 11.9. The van der Waals surface area contributed by atoms with E-state index in [9.17, 15) is 4.79 Å². The second kappa shape index (κ2) is 7.97. The van der Waals surface area contributed by atoms with E-state index >= 15 is 0 Å². The highest BCUT2D eigenvalue weighted by Crippen LogP contribution is 2.19. The first-order valence-corrected chi connectivity index (χ1v) is 8.71. The summed E-state index contributed by atoms with van der Waals surface area (Å²) in [5, 5.41) is 12.1. The van der Waals surface area contributed by atoms with E-state index in [1.54, 1.807) is 10.9 Å². The van der Waals surface area contributed by atoms with E-state index in [0.29, 0.717) is 24.5 Å². The molecule has 0 bridgehead atoms. The molecule has 0 aliphatic rings. The summed E-state index contributed by atoms with van der Waals surface area (Å²) >= 11 is 9.45.